The van der Waals surface area contributed by atoms with Crippen LogP contribution in [-0.2, 0) is 16.8 Å². The van der Waals surface area contributed by atoms with Crippen LogP contribution in [0.2, 0.25) is 0 Å². The normalized spacial score (nSPS) is 22.7. The lowest BCUT2D eigenvalue weighted by atomic mass is 9.77. The molecule has 0 bridgehead atoms. The first-order valence-corrected chi connectivity index (χ1v) is 8.61. The van der Waals surface area contributed by atoms with Crippen LogP contribution < -0.4 is 10.6 Å². The van der Waals surface area contributed by atoms with Crippen molar-refractivity contribution in [2.24, 2.45) is 5.73 Å². The molecule has 2 fully saturated rings. The number of rotatable bonds is 4. The summed E-state index contributed by atoms with van der Waals surface area (Å²) >= 11 is 0. The number of amides is 1. The monoisotopic (exact) mass is 326 g/mol. The number of hydrogen-bond donors (Lipinski definition) is 1. The summed E-state index contributed by atoms with van der Waals surface area (Å²) in [6, 6.07) is 8.13. The summed E-state index contributed by atoms with van der Waals surface area (Å²) in [5.41, 5.74) is 8.00. The highest BCUT2D eigenvalue weighted by atomic mass is 16.5. The zero-order valence-electron chi connectivity index (χ0n) is 13.9. The molecule has 1 aromatic heterocycles. The molecule has 1 saturated carbocycles. The Bertz CT molecular complexity index is 749. The van der Waals surface area contributed by atoms with Gasteiger partial charge in [0.2, 0.25) is 11.8 Å². The molecule has 4 rings (SSSR count). The Kier molecular flexibility index (Phi) is 3.64. The molecule has 2 aliphatic rings. The fraction of sp³-hybridized carbons (Fsp3) is 0.500. The summed E-state index contributed by atoms with van der Waals surface area (Å²) in [5, 5.41) is 4.06. The van der Waals surface area contributed by atoms with Gasteiger partial charge in [0.25, 0.3) is 0 Å². The molecule has 6 heteroatoms. The number of nitrogens with zero attached hydrogens (tertiary/aromatic N) is 3. The third-order valence-electron chi connectivity index (χ3n) is 5.26. The van der Waals surface area contributed by atoms with E-state index >= 15 is 0 Å². The van der Waals surface area contributed by atoms with Crippen LogP contribution in [0, 0.1) is 0 Å². The molecule has 1 aromatic carbocycles. The van der Waals surface area contributed by atoms with Crippen LogP contribution in [0.4, 0.5) is 5.69 Å². The number of aromatic nitrogens is 2. The zero-order chi connectivity index (χ0) is 16.7. The second-order valence-corrected chi connectivity index (χ2v) is 6.89. The van der Waals surface area contributed by atoms with Gasteiger partial charge in [-0.05, 0) is 43.4 Å². The van der Waals surface area contributed by atoms with Gasteiger partial charge in [0.15, 0.2) is 5.82 Å². The van der Waals surface area contributed by atoms with Gasteiger partial charge in [-0.2, -0.15) is 4.98 Å². The number of aryl methyl sites for hydroxylation is 1. The van der Waals surface area contributed by atoms with Crippen LogP contribution in [0.25, 0.3) is 0 Å². The summed E-state index contributed by atoms with van der Waals surface area (Å²) in [7, 11) is 0. The molecule has 1 saturated heterocycles. The highest BCUT2D eigenvalue weighted by molar-refractivity contribution is 5.96. The molecule has 1 amide bonds. The molecular weight excluding hydrogens is 304 g/mol. The Balaban J connectivity index is 1.51. The standard InChI is InChI=1S/C18H22N4O2/c1-2-12-4-6-14(7-5-12)22-11-13(10-15(22)23)16-20-17(21-24-16)18(19)8-3-9-18/h4-7,13H,2-3,8-11,19H2,1H3. The van der Waals surface area contributed by atoms with Gasteiger partial charge < -0.3 is 15.2 Å². The minimum Gasteiger partial charge on any atom is -0.339 e. The molecule has 24 heavy (non-hydrogen) atoms. The summed E-state index contributed by atoms with van der Waals surface area (Å²) in [5.74, 6) is 1.15. The zero-order valence-corrected chi connectivity index (χ0v) is 13.9. The van der Waals surface area contributed by atoms with Crippen molar-refractivity contribution >= 4 is 11.6 Å². The van der Waals surface area contributed by atoms with Crippen LogP contribution in [0.15, 0.2) is 28.8 Å². The Morgan fingerprint density at radius 2 is 2.08 bits per heavy atom. The molecule has 1 aliphatic carbocycles. The number of hydrogen-bond acceptors (Lipinski definition) is 5. The Morgan fingerprint density at radius 1 is 1.33 bits per heavy atom. The van der Waals surface area contributed by atoms with Crippen molar-refractivity contribution in [1.29, 1.82) is 0 Å². The van der Waals surface area contributed by atoms with Crippen molar-refractivity contribution < 1.29 is 9.32 Å². The van der Waals surface area contributed by atoms with E-state index in [1.807, 2.05) is 12.1 Å². The SMILES string of the molecule is CCc1ccc(N2CC(c3nc(C4(N)CCC4)no3)CC2=O)cc1. The second kappa shape index (κ2) is 5.70. The Morgan fingerprint density at radius 3 is 2.71 bits per heavy atom. The first kappa shape index (κ1) is 15.3. The summed E-state index contributed by atoms with van der Waals surface area (Å²) in [6.07, 6.45) is 4.28. The van der Waals surface area contributed by atoms with E-state index in [1.54, 1.807) is 4.90 Å². The van der Waals surface area contributed by atoms with Crippen LogP contribution >= 0.6 is 0 Å². The van der Waals surface area contributed by atoms with Gasteiger partial charge in [0, 0.05) is 18.7 Å². The average Bonchev–Trinajstić information content (AvgIpc) is 3.20. The molecule has 2 heterocycles. The number of anilines is 1. The molecule has 1 aliphatic heterocycles. The van der Waals surface area contributed by atoms with E-state index in [4.69, 9.17) is 10.3 Å². The number of carbonyl (C=O) groups is 1. The van der Waals surface area contributed by atoms with E-state index in [9.17, 15) is 4.79 Å². The number of benzene rings is 1. The third kappa shape index (κ3) is 2.51. The molecule has 2 aromatic rings. The van der Waals surface area contributed by atoms with Gasteiger partial charge in [-0.25, -0.2) is 0 Å². The largest absolute Gasteiger partial charge is 0.339 e. The van der Waals surface area contributed by atoms with Gasteiger partial charge in [-0.3, -0.25) is 4.79 Å². The lowest BCUT2D eigenvalue weighted by Gasteiger charge is -2.34. The lowest BCUT2D eigenvalue weighted by molar-refractivity contribution is -0.117. The Hall–Kier alpha value is -2.21. The van der Waals surface area contributed by atoms with Crippen molar-refractivity contribution in [1.82, 2.24) is 10.1 Å². The van der Waals surface area contributed by atoms with Crippen molar-refractivity contribution in [3.05, 3.63) is 41.5 Å². The fourth-order valence-electron chi connectivity index (χ4n) is 3.42. The summed E-state index contributed by atoms with van der Waals surface area (Å²) in [4.78, 5) is 18.7. The van der Waals surface area contributed by atoms with Gasteiger partial charge >= 0.3 is 0 Å². The maximum atomic E-state index is 12.4. The first-order valence-electron chi connectivity index (χ1n) is 8.61. The van der Waals surface area contributed by atoms with Crippen molar-refractivity contribution in [3.63, 3.8) is 0 Å². The molecular formula is C18H22N4O2. The topological polar surface area (TPSA) is 85.2 Å². The minimum absolute atomic E-state index is 0.0618. The van der Waals surface area contributed by atoms with Crippen LogP contribution in [0.5, 0.6) is 0 Å². The molecule has 1 unspecified atom stereocenters. The highest BCUT2D eigenvalue weighted by Gasteiger charge is 2.41. The fourth-order valence-corrected chi connectivity index (χ4v) is 3.42. The minimum atomic E-state index is -0.431. The molecule has 6 nitrogen and oxygen atoms in total. The van der Waals surface area contributed by atoms with E-state index < -0.39 is 5.54 Å². The lowest BCUT2D eigenvalue weighted by Crippen LogP contribution is -2.44. The predicted molar refractivity (Wildman–Crippen MR) is 89.5 cm³/mol. The number of carbonyl (C=O) groups excluding carboxylic acids is 1. The van der Waals surface area contributed by atoms with E-state index in [0.29, 0.717) is 24.7 Å². The van der Waals surface area contributed by atoms with E-state index in [-0.39, 0.29) is 11.8 Å². The Labute approximate surface area is 141 Å². The maximum absolute atomic E-state index is 12.4. The van der Waals surface area contributed by atoms with Crippen molar-refractivity contribution in [2.45, 2.75) is 50.5 Å². The summed E-state index contributed by atoms with van der Waals surface area (Å²) < 4.78 is 5.42. The smallest absolute Gasteiger partial charge is 0.232 e. The summed E-state index contributed by atoms with van der Waals surface area (Å²) in [6.45, 7) is 2.69. The van der Waals surface area contributed by atoms with Gasteiger partial charge in [0.1, 0.15) is 0 Å². The second-order valence-electron chi connectivity index (χ2n) is 6.89. The van der Waals surface area contributed by atoms with Crippen LogP contribution in [0.1, 0.15) is 55.8 Å². The third-order valence-corrected chi connectivity index (χ3v) is 5.26. The van der Waals surface area contributed by atoms with Crippen molar-refractivity contribution in [2.75, 3.05) is 11.4 Å². The molecule has 2 N–H and O–H groups in total. The predicted octanol–water partition coefficient (Wildman–Crippen LogP) is 2.49. The van der Waals surface area contributed by atoms with Crippen LogP contribution in [0.3, 0.4) is 0 Å². The van der Waals surface area contributed by atoms with E-state index in [0.717, 1.165) is 31.4 Å². The van der Waals surface area contributed by atoms with Crippen LogP contribution in [-0.4, -0.2) is 22.6 Å². The van der Waals surface area contributed by atoms with E-state index in [1.165, 1.54) is 5.56 Å². The highest BCUT2D eigenvalue weighted by Crippen LogP contribution is 2.38. The quantitative estimate of drug-likeness (QED) is 0.933. The molecule has 126 valence electrons. The maximum Gasteiger partial charge on any atom is 0.232 e. The van der Waals surface area contributed by atoms with E-state index in [2.05, 4.69) is 29.2 Å². The van der Waals surface area contributed by atoms with Gasteiger partial charge in [-0.1, -0.05) is 24.2 Å². The molecule has 0 radical (unpaired) electrons. The average molecular weight is 326 g/mol. The first-order chi connectivity index (χ1) is 11.6. The van der Waals surface area contributed by atoms with Gasteiger partial charge in [0.05, 0.1) is 11.5 Å². The van der Waals surface area contributed by atoms with Crippen molar-refractivity contribution in [3.8, 4) is 0 Å². The number of nitrogens with two attached hydrogens (primary N) is 1. The molecule has 1 atom stereocenters. The molecule has 0 spiro atoms. The van der Waals surface area contributed by atoms with Gasteiger partial charge in [-0.15, -0.1) is 0 Å².